The molecular weight excluding hydrogens is 288 g/mol. The fourth-order valence-corrected chi connectivity index (χ4v) is 2.34. The molecule has 4 nitrogen and oxygen atoms in total. The van der Waals surface area contributed by atoms with Crippen LogP contribution in [0.4, 0.5) is 0 Å². The third-order valence-electron chi connectivity index (χ3n) is 3.17. The van der Waals surface area contributed by atoms with Crippen molar-refractivity contribution in [2.24, 2.45) is 0 Å². The Bertz CT molecular complexity index is 474. The second-order valence-electron chi connectivity index (χ2n) is 5.27. The highest BCUT2D eigenvalue weighted by molar-refractivity contribution is 6.30. The normalized spacial score (nSPS) is 13.3. The summed E-state index contributed by atoms with van der Waals surface area (Å²) < 4.78 is 0. The van der Waals surface area contributed by atoms with Crippen LogP contribution in [0.1, 0.15) is 51.6 Å². The van der Waals surface area contributed by atoms with Gasteiger partial charge in [0.1, 0.15) is 0 Å². The molecule has 2 amide bonds. The molecule has 1 rings (SSSR count). The van der Waals surface area contributed by atoms with Crippen LogP contribution >= 0.6 is 11.6 Å². The molecule has 0 radical (unpaired) electrons. The summed E-state index contributed by atoms with van der Waals surface area (Å²) in [4.78, 5) is 23.4. The summed E-state index contributed by atoms with van der Waals surface area (Å²) in [5.41, 5.74) is 0.868. The van der Waals surface area contributed by atoms with Gasteiger partial charge in [-0.25, -0.2) is 0 Å². The number of nitrogens with one attached hydrogen (secondary N) is 2. The molecule has 0 saturated heterocycles. The third kappa shape index (κ3) is 6.63. The number of halogens is 1. The summed E-state index contributed by atoms with van der Waals surface area (Å²) in [6.45, 7) is 5.51. The first-order valence-corrected chi connectivity index (χ1v) is 7.62. The molecule has 0 saturated carbocycles. The monoisotopic (exact) mass is 310 g/mol. The highest BCUT2D eigenvalue weighted by Gasteiger charge is 2.18. The van der Waals surface area contributed by atoms with Crippen molar-refractivity contribution in [3.63, 3.8) is 0 Å². The first kappa shape index (κ1) is 17.5. The quantitative estimate of drug-likeness (QED) is 0.812. The van der Waals surface area contributed by atoms with E-state index in [0.29, 0.717) is 5.02 Å². The number of benzene rings is 1. The summed E-state index contributed by atoms with van der Waals surface area (Å²) in [5.74, 6) is -0.228. The van der Waals surface area contributed by atoms with Gasteiger partial charge in [0, 0.05) is 18.0 Å². The van der Waals surface area contributed by atoms with E-state index in [4.69, 9.17) is 11.6 Å². The van der Waals surface area contributed by atoms with Crippen molar-refractivity contribution < 1.29 is 9.59 Å². The maximum absolute atomic E-state index is 12.1. The van der Waals surface area contributed by atoms with Gasteiger partial charge in [-0.05, 0) is 31.0 Å². The van der Waals surface area contributed by atoms with Crippen molar-refractivity contribution in [2.45, 2.75) is 52.1 Å². The van der Waals surface area contributed by atoms with Crippen LogP contribution in [0.3, 0.4) is 0 Å². The summed E-state index contributed by atoms with van der Waals surface area (Å²) in [7, 11) is 0. The predicted octanol–water partition coefficient (Wildman–Crippen LogP) is 3.21. The van der Waals surface area contributed by atoms with Crippen LogP contribution in [0.5, 0.6) is 0 Å². The maximum atomic E-state index is 12.1. The van der Waals surface area contributed by atoms with E-state index in [2.05, 4.69) is 17.6 Å². The van der Waals surface area contributed by atoms with Crippen molar-refractivity contribution in [1.29, 1.82) is 0 Å². The summed E-state index contributed by atoms with van der Waals surface area (Å²) >= 11 is 5.86. The van der Waals surface area contributed by atoms with Crippen LogP contribution < -0.4 is 10.6 Å². The average Bonchev–Trinajstić information content (AvgIpc) is 2.38. The number of amides is 2. The molecule has 2 atom stereocenters. The molecule has 0 bridgehead atoms. The molecule has 5 heteroatoms. The van der Waals surface area contributed by atoms with E-state index in [0.717, 1.165) is 18.4 Å². The van der Waals surface area contributed by atoms with Crippen LogP contribution in [0.25, 0.3) is 0 Å². The van der Waals surface area contributed by atoms with E-state index in [9.17, 15) is 9.59 Å². The molecule has 1 aromatic rings. The van der Waals surface area contributed by atoms with E-state index in [1.165, 1.54) is 6.92 Å². The van der Waals surface area contributed by atoms with Gasteiger partial charge < -0.3 is 10.6 Å². The van der Waals surface area contributed by atoms with Crippen LogP contribution in [0.15, 0.2) is 24.3 Å². The molecule has 2 N–H and O–H groups in total. The van der Waals surface area contributed by atoms with E-state index in [1.54, 1.807) is 12.1 Å². The van der Waals surface area contributed by atoms with Crippen molar-refractivity contribution in [1.82, 2.24) is 10.6 Å². The molecule has 0 spiro atoms. The Labute approximate surface area is 131 Å². The smallest absolute Gasteiger partial charge is 0.222 e. The van der Waals surface area contributed by atoms with E-state index in [1.807, 2.05) is 19.1 Å². The molecule has 116 valence electrons. The van der Waals surface area contributed by atoms with Gasteiger partial charge in [0.05, 0.1) is 12.5 Å². The lowest BCUT2D eigenvalue weighted by Gasteiger charge is -2.20. The Morgan fingerprint density at radius 3 is 2.33 bits per heavy atom. The summed E-state index contributed by atoms with van der Waals surface area (Å²) in [5, 5.41) is 6.38. The minimum absolute atomic E-state index is 0.0651. The van der Waals surface area contributed by atoms with E-state index < -0.39 is 0 Å². The zero-order valence-electron chi connectivity index (χ0n) is 12.8. The molecule has 0 fully saturated rings. The van der Waals surface area contributed by atoms with E-state index >= 15 is 0 Å². The van der Waals surface area contributed by atoms with Gasteiger partial charge in [-0.2, -0.15) is 0 Å². The number of rotatable bonds is 7. The second-order valence-corrected chi connectivity index (χ2v) is 5.70. The summed E-state index contributed by atoms with van der Waals surface area (Å²) in [6, 6.07) is 6.96. The SMILES string of the molecule is CCC[C@H](C)NC(=O)C[C@H](NC(C)=O)c1ccc(Cl)cc1. The third-order valence-corrected chi connectivity index (χ3v) is 3.42. The zero-order chi connectivity index (χ0) is 15.8. The molecule has 0 heterocycles. The highest BCUT2D eigenvalue weighted by Crippen LogP contribution is 2.19. The fourth-order valence-electron chi connectivity index (χ4n) is 2.22. The lowest BCUT2D eigenvalue weighted by molar-refractivity contribution is -0.123. The molecular formula is C16H23ClN2O2. The Balaban J connectivity index is 2.72. The van der Waals surface area contributed by atoms with Gasteiger partial charge >= 0.3 is 0 Å². The highest BCUT2D eigenvalue weighted by atomic mass is 35.5. The molecule has 0 aliphatic carbocycles. The number of hydrogen-bond acceptors (Lipinski definition) is 2. The van der Waals surface area contributed by atoms with Gasteiger partial charge in [-0.3, -0.25) is 9.59 Å². The zero-order valence-corrected chi connectivity index (χ0v) is 13.5. The lowest BCUT2D eigenvalue weighted by Crippen LogP contribution is -2.36. The first-order valence-electron chi connectivity index (χ1n) is 7.24. The average molecular weight is 311 g/mol. The van der Waals surface area contributed by atoms with Gasteiger partial charge in [-0.15, -0.1) is 0 Å². The van der Waals surface area contributed by atoms with Crippen molar-refractivity contribution in [3.8, 4) is 0 Å². The number of carbonyl (C=O) groups is 2. The predicted molar refractivity (Wildman–Crippen MR) is 85.1 cm³/mol. The van der Waals surface area contributed by atoms with Gasteiger partial charge in [-0.1, -0.05) is 37.1 Å². The van der Waals surface area contributed by atoms with Gasteiger partial charge in [0.2, 0.25) is 11.8 Å². The second kappa shape index (κ2) is 8.67. The Morgan fingerprint density at radius 1 is 1.19 bits per heavy atom. The van der Waals surface area contributed by atoms with Crippen molar-refractivity contribution >= 4 is 23.4 Å². The van der Waals surface area contributed by atoms with Gasteiger partial charge in [0.25, 0.3) is 0 Å². The molecule has 0 unspecified atom stereocenters. The Morgan fingerprint density at radius 2 is 1.81 bits per heavy atom. The minimum Gasteiger partial charge on any atom is -0.354 e. The number of carbonyl (C=O) groups excluding carboxylic acids is 2. The van der Waals surface area contributed by atoms with Crippen LogP contribution in [0.2, 0.25) is 5.02 Å². The van der Waals surface area contributed by atoms with Gasteiger partial charge in [0.15, 0.2) is 0 Å². The lowest BCUT2D eigenvalue weighted by atomic mass is 10.0. The molecule has 0 aliphatic heterocycles. The number of hydrogen-bond donors (Lipinski definition) is 2. The van der Waals surface area contributed by atoms with Crippen LogP contribution in [-0.4, -0.2) is 17.9 Å². The first-order chi connectivity index (χ1) is 9.92. The Hall–Kier alpha value is -1.55. The molecule has 0 aromatic heterocycles. The Kier molecular flexibility index (Phi) is 7.23. The van der Waals surface area contributed by atoms with Crippen molar-refractivity contribution in [2.75, 3.05) is 0 Å². The topological polar surface area (TPSA) is 58.2 Å². The minimum atomic E-state index is -0.339. The molecule has 21 heavy (non-hydrogen) atoms. The summed E-state index contributed by atoms with van der Waals surface area (Å²) in [6.07, 6.45) is 2.18. The fraction of sp³-hybridized carbons (Fsp3) is 0.500. The molecule has 0 aliphatic rings. The van der Waals surface area contributed by atoms with Crippen LogP contribution in [0, 0.1) is 0 Å². The largest absolute Gasteiger partial charge is 0.354 e. The molecule has 1 aromatic carbocycles. The van der Waals surface area contributed by atoms with E-state index in [-0.39, 0.29) is 30.3 Å². The van der Waals surface area contributed by atoms with Crippen molar-refractivity contribution in [3.05, 3.63) is 34.9 Å². The maximum Gasteiger partial charge on any atom is 0.222 e. The standard InChI is InChI=1S/C16H23ClN2O2/c1-4-5-11(2)18-16(21)10-15(19-12(3)20)13-6-8-14(17)9-7-13/h6-9,11,15H,4-5,10H2,1-3H3,(H,18,21)(H,19,20)/t11-,15-/m0/s1. The van der Waals surface area contributed by atoms with Crippen LogP contribution in [-0.2, 0) is 9.59 Å².